The molecule has 2 unspecified atom stereocenters. The van der Waals surface area contributed by atoms with Crippen molar-refractivity contribution in [3.05, 3.63) is 24.8 Å². The molecule has 0 heterocycles. The highest BCUT2D eigenvalue weighted by Gasteiger charge is 2.20. The monoisotopic (exact) mass is 164 g/mol. The Balaban J connectivity index is 2.47. The molecule has 0 saturated heterocycles. The summed E-state index contributed by atoms with van der Waals surface area (Å²) in [5.74, 6) is 1.72. The van der Waals surface area contributed by atoms with Crippen LogP contribution in [0.3, 0.4) is 0 Å². The summed E-state index contributed by atoms with van der Waals surface area (Å²) in [4.78, 5) is 0. The Morgan fingerprint density at radius 1 is 1.33 bits per heavy atom. The smallest absolute Gasteiger partial charge is 0.0202 e. The molecule has 68 valence electrons. The quantitative estimate of drug-likeness (QED) is 0.554. The van der Waals surface area contributed by atoms with E-state index < -0.39 is 0 Å². The van der Waals surface area contributed by atoms with E-state index in [2.05, 4.69) is 31.7 Å². The third kappa shape index (κ3) is 2.51. The number of allylic oxidation sites excluding steroid dienone is 3. The van der Waals surface area contributed by atoms with Gasteiger partial charge in [-0.3, -0.25) is 0 Å². The summed E-state index contributed by atoms with van der Waals surface area (Å²) in [6.07, 6.45) is 13.5. The predicted octanol–water partition coefficient (Wildman–Crippen LogP) is 3.95. The van der Waals surface area contributed by atoms with Crippen molar-refractivity contribution in [1.29, 1.82) is 0 Å². The second-order valence-corrected chi connectivity index (χ2v) is 3.76. The fourth-order valence-corrected chi connectivity index (χ4v) is 2.24. The van der Waals surface area contributed by atoms with Gasteiger partial charge in [0.25, 0.3) is 0 Å². The fourth-order valence-electron chi connectivity index (χ4n) is 2.24. The van der Waals surface area contributed by atoms with Gasteiger partial charge in [-0.2, -0.15) is 0 Å². The largest absolute Gasteiger partial charge is 0.103 e. The standard InChI is InChI=1S/C12H20/c1-3-7-11-9-5-6-10-12(11)8-4-2/h3-4,8,11-12H,1,5-7,9-10H2,2H3. The van der Waals surface area contributed by atoms with Crippen LogP contribution >= 0.6 is 0 Å². The normalized spacial score (nSPS) is 30.8. The Morgan fingerprint density at radius 3 is 2.75 bits per heavy atom. The van der Waals surface area contributed by atoms with Crippen LogP contribution in [-0.2, 0) is 0 Å². The molecule has 2 atom stereocenters. The molecule has 0 aromatic rings. The van der Waals surface area contributed by atoms with Crippen molar-refractivity contribution in [1.82, 2.24) is 0 Å². The minimum Gasteiger partial charge on any atom is -0.103 e. The maximum Gasteiger partial charge on any atom is -0.0202 e. The highest BCUT2D eigenvalue weighted by atomic mass is 14.3. The summed E-state index contributed by atoms with van der Waals surface area (Å²) in [5, 5.41) is 0. The first-order valence-electron chi connectivity index (χ1n) is 5.12. The zero-order valence-electron chi connectivity index (χ0n) is 8.13. The maximum absolute atomic E-state index is 3.83. The van der Waals surface area contributed by atoms with Gasteiger partial charge in [0.15, 0.2) is 0 Å². The fraction of sp³-hybridized carbons (Fsp3) is 0.667. The molecule has 1 aliphatic rings. The van der Waals surface area contributed by atoms with Crippen LogP contribution in [0.5, 0.6) is 0 Å². The van der Waals surface area contributed by atoms with Crippen molar-refractivity contribution in [2.45, 2.75) is 39.0 Å². The van der Waals surface area contributed by atoms with Gasteiger partial charge in [0.1, 0.15) is 0 Å². The van der Waals surface area contributed by atoms with Gasteiger partial charge in [-0.15, -0.1) is 6.58 Å². The van der Waals surface area contributed by atoms with Gasteiger partial charge in [0.2, 0.25) is 0 Å². The van der Waals surface area contributed by atoms with Crippen LogP contribution in [0.15, 0.2) is 24.8 Å². The van der Waals surface area contributed by atoms with E-state index in [0.717, 1.165) is 11.8 Å². The second kappa shape index (κ2) is 5.18. The van der Waals surface area contributed by atoms with Crippen LogP contribution in [0, 0.1) is 11.8 Å². The second-order valence-electron chi connectivity index (χ2n) is 3.76. The zero-order chi connectivity index (χ0) is 8.81. The third-order valence-corrected chi connectivity index (χ3v) is 2.88. The van der Waals surface area contributed by atoms with Gasteiger partial charge in [-0.1, -0.05) is 31.1 Å². The molecule has 0 heteroatoms. The average molecular weight is 164 g/mol. The lowest BCUT2D eigenvalue weighted by Gasteiger charge is -2.28. The predicted molar refractivity (Wildman–Crippen MR) is 55.1 cm³/mol. The summed E-state index contributed by atoms with van der Waals surface area (Å²) >= 11 is 0. The van der Waals surface area contributed by atoms with E-state index in [1.54, 1.807) is 0 Å². The van der Waals surface area contributed by atoms with Crippen LogP contribution in [0.4, 0.5) is 0 Å². The molecule has 0 nitrogen and oxygen atoms in total. The average Bonchev–Trinajstić information content (AvgIpc) is 2.09. The molecule has 0 bridgehead atoms. The molecular formula is C12H20. The number of rotatable bonds is 3. The lowest BCUT2D eigenvalue weighted by molar-refractivity contribution is 0.286. The van der Waals surface area contributed by atoms with Crippen LogP contribution in [0.25, 0.3) is 0 Å². The minimum atomic E-state index is 0.835. The zero-order valence-corrected chi connectivity index (χ0v) is 8.13. The highest BCUT2D eigenvalue weighted by Crippen LogP contribution is 2.33. The maximum atomic E-state index is 3.83. The Kier molecular flexibility index (Phi) is 4.13. The molecule has 0 amide bonds. The first-order chi connectivity index (χ1) is 5.88. The topological polar surface area (TPSA) is 0 Å². The van der Waals surface area contributed by atoms with E-state index in [1.165, 1.54) is 32.1 Å². The molecule has 0 radical (unpaired) electrons. The molecule has 0 spiro atoms. The van der Waals surface area contributed by atoms with Crippen LogP contribution in [-0.4, -0.2) is 0 Å². The van der Waals surface area contributed by atoms with E-state index in [0.29, 0.717) is 0 Å². The van der Waals surface area contributed by atoms with Gasteiger partial charge in [-0.25, -0.2) is 0 Å². The summed E-state index contributed by atoms with van der Waals surface area (Å²) in [5.41, 5.74) is 0. The Labute approximate surface area is 76.4 Å². The Bertz CT molecular complexity index is 155. The van der Waals surface area contributed by atoms with Gasteiger partial charge >= 0.3 is 0 Å². The van der Waals surface area contributed by atoms with Crippen LogP contribution in [0.2, 0.25) is 0 Å². The summed E-state index contributed by atoms with van der Waals surface area (Å²) in [7, 11) is 0. The summed E-state index contributed by atoms with van der Waals surface area (Å²) < 4.78 is 0. The van der Waals surface area contributed by atoms with Crippen molar-refractivity contribution in [3.63, 3.8) is 0 Å². The van der Waals surface area contributed by atoms with E-state index in [9.17, 15) is 0 Å². The van der Waals surface area contributed by atoms with E-state index in [1.807, 2.05) is 0 Å². The van der Waals surface area contributed by atoms with Crippen molar-refractivity contribution in [2.24, 2.45) is 11.8 Å². The van der Waals surface area contributed by atoms with Crippen molar-refractivity contribution in [2.75, 3.05) is 0 Å². The van der Waals surface area contributed by atoms with E-state index >= 15 is 0 Å². The number of hydrogen-bond donors (Lipinski definition) is 0. The van der Waals surface area contributed by atoms with Crippen LogP contribution < -0.4 is 0 Å². The molecule has 0 aromatic heterocycles. The molecule has 1 saturated carbocycles. The van der Waals surface area contributed by atoms with Gasteiger partial charge in [0, 0.05) is 0 Å². The SMILES string of the molecule is C=CCC1CCCCC1C=CC. The molecule has 0 aliphatic heterocycles. The summed E-state index contributed by atoms with van der Waals surface area (Å²) in [6.45, 7) is 5.95. The van der Waals surface area contributed by atoms with Crippen molar-refractivity contribution >= 4 is 0 Å². The van der Waals surface area contributed by atoms with Crippen molar-refractivity contribution in [3.8, 4) is 0 Å². The van der Waals surface area contributed by atoms with E-state index in [4.69, 9.17) is 0 Å². The minimum absolute atomic E-state index is 0.835. The molecule has 1 rings (SSSR count). The molecule has 12 heavy (non-hydrogen) atoms. The van der Waals surface area contributed by atoms with Crippen LogP contribution in [0.1, 0.15) is 39.0 Å². The third-order valence-electron chi connectivity index (χ3n) is 2.88. The lowest BCUT2D eigenvalue weighted by atomic mass is 9.77. The summed E-state index contributed by atoms with van der Waals surface area (Å²) in [6, 6.07) is 0. The van der Waals surface area contributed by atoms with Gasteiger partial charge in [0.05, 0.1) is 0 Å². The molecule has 0 N–H and O–H groups in total. The lowest BCUT2D eigenvalue weighted by Crippen LogP contribution is -2.16. The Morgan fingerprint density at radius 2 is 2.08 bits per heavy atom. The Hall–Kier alpha value is -0.520. The molecule has 0 aromatic carbocycles. The highest BCUT2D eigenvalue weighted by molar-refractivity contribution is 4.93. The van der Waals surface area contributed by atoms with Gasteiger partial charge in [-0.05, 0) is 38.0 Å². The molecular weight excluding hydrogens is 144 g/mol. The van der Waals surface area contributed by atoms with Gasteiger partial charge < -0.3 is 0 Å². The first kappa shape index (κ1) is 9.57. The van der Waals surface area contributed by atoms with E-state index in [-0.39, 0.29) is 0 Å². The number of hydrogen-bond acceptors (Lipinski definition) is 0. The molecule has 1 fully saturated rings. The molecule has 1 aliphatic carbocycles. The first-order valence-corrected chi connectivity index (χ1v) is 5.12. The van der Waals surface area contributed by atoms with Crippen molar-refractivity contribution < 1.29 is 0 Å².